The lowest BCUT2D eigenvalue weighted by Gasteiger charge is -2.16. The van der Waals surface area contributed by atoms with Gasteiger partial charge in [0.05, 0.1) is 6.61 Å². The first kappa shape index (κ1) is 20.9. The van der Waals surface area contributed by atoms with E-state index in [1.165, 1.54) is 27.5 Å². The Morgan fingerprint density at radius 1 is 0.839 bits per heavy atom. The Morgan fingerprint density at radius 3 is 2.55 bits per heavy atom. The number of nitrogens with zero attached hydrogens (tertiary/aromatic N) is 1. The fourth-order valence-electron chi connectivity index (χ4n) is 3.58. The zero-order valence-electron chi connectivity index (χ0n) is 17.9. The molecule has 0 radical (unpaired) electrons. The third kappa shape index (κ3) is 5.62. The first-order valence-electron chi connectivity index (χ1n) is 10.7. The van der Waals surface area contributed by atoms with Crippen LogP contribution in [-0.4, -0.2) is 18.1 Å². The summed E-state index contributed by atoms with van der Waals surface area (Å²) in [4.78, 5) is 4.18. The molecule has 4 rings (SSSR count). The number of nitrogens with one attached hydrogen (secondary N) is 1. The van der Waals surface area contributed by atoms with Gasteiger partial charge in [-0.05, 0) is 53.9 Å². The Kier molecular flexibility index (Phi) is 7.14. The van der Waals surface area contributed by atoms with E-state index in [0.717, 1.165) is 25.3 Å². The van der Waals surface area contributed by atoms with Gasteiger partial charge in [-0.1, -0.05) is 60.7 Å². The third-order valence-electron chi connectivity index (χ3n) is 5.33. The number of aryl methyl sites for hydroxylation is 1. The van der Waals surface area contributed by atoms with Crippen molar-refractivity contribution in [2.24, 2.45) is 0 Å². The highest BCUT2D eigenvalue weighted by Crippen LogP contribution is 2.29. The van der Waals surface area contributed by atoms with Crippen LogP contribution in [0.25, 0.3) is 10.8 Å². The molecular formula is C27H28N2O2. The molecule has 1 aromatic heterocycles. The monoisotopic (exact) mass is 412 g/mol. The number of fused-ring (bicyclic) bond motifs is 1. The van der Waals surface area contributed by atoms with E-state index in [1.54, 1.807) is 6.20 Å². The van der Waals surface area contributed by atoms with Gasteiger partial charge in [0.25, 0.3) is 0 Å². The van der Waals surface area contributed by atoms with Gasteiger partial charge >= 0.3 is 0 Å². The molecular weight excluding hydrogens is 384 g/mol. The average Bonchev–Trinajstić information content (AvgIpc) is 2.82. The Balaban J connectivity index is 1.39. The van der Waals surface area contributed by atoms with Crippen LogP contribution in [0.5, 0.6) is 11.6 Å². The largest absolute Gasteiger partial charge is 0.489 e. The fraction of sp³-hybridized carbons (Fsp3) is 0.222. The summed E-state index contributed by atoms with van der Waals surface area (Å²) >= 11 is 0. The molecule has 0 unspecified atom stereocenters. The molecule has 3 aromatic carbocycles. The number of hydrogen-bond donors (Lipinski definition) is 1. The van der Waals surface area contributed by atoms with Gasteiger partial charge in [0.2, 0.25) is 5.88 Å². The van der Waals surface area contributed by atoms with Crippen LogP contribution in [0.15, 0.2) is 85.1 Å². The second kappa shape index (κ2) is 10.6. The van der Waals surface area contributed by atoms with Gasteiger partial charge < -0.3 is 14.8 Å². The van der Waals surface area contributed by atoms with Gasteiger partial charge in [-0.3, -0.25) is 0 Å². The van der Waals surface area contributed by atoms with Gasteiger partial charge in [0.1, 0.15) is 12.4 Å². The molecule has 0 spiro atoms. The first-order valence-corrected chi connectivity index (χ1v) is 10.7. The molecule has 1 N–H and O–H groups in total. The molecule has 4 nitrogen and oxygen atoms in total. The minimum Gasteiger partial charge on any atom is -0.489 e. The summed E-state index contributed by atoms with van der Waals surface area (Å²) in [6.45, 7) is 4.92. The lowest BCUT2D eigenvalue weighted by atomic mass is 10.0. The highest BCUT2D eigenvalue weighted by Gasteiger charge is 2.10. The third-order valence-corrected chi connectivity index (χ3v) is 5.33. The van der Waals surface area contributed by atoms with Crippen molar-refractivity contribution >= 4 is 10.8 Å². The summed E-state index contributed by atoms with van der Waals surface area (Å²) in [5.41, 5.74) is 3.65. The van der Waals surface area contributed by atoms with E-state index in [4.69, 9.17) is 9.47 Å². The van der Waals surface area contributed by atoms with E-state index >= 15 is 0 Å². The summed E-state index contributed by atoms with van der Waals surface area (Å²) in [7, 11) is 0. The number of rotatable bonds is 10. The van der Waals surface area contributed by atoms with Crippen LogP contribution in [0, 0.1) is 6.92 Å². The van der Waals surface area contributed by atoms with Crippen molar-refractivity contribution < 1.29 is 9.47 Å². The van der Waals surface area contributed by atoms with Gasteiger partial charge in [-0.25, -0.2) is 4.98 Å². The van der Waals surface area contributed by atoms with Crippen molar-refractivity contribution in [3.05, 3.63) is 102 Å². The second-order valence-electron chi connectivity index (χ2n) is 7.53. The molecule has 0 aliphatic rings. The summed E-state index contributed by atoms with van der Waals surface area (Å²) in [5.74, 6) is 1.60. The molecule has 4 heteroatoms. The van der Waals surface area contributed by atoms with E-state index in [0.29, 0.717) is 19.1 Å². The summed E-state index contributed by atoms with van der Waals surface area (Å²) in [6.07, 6.45) is 2.65. The lowest BCUT2D eigenvalue weighted by molar-refractivity contribution is 0.294. The van der Waals surface area contributed by atoms with E-state index in [1.807, 2.05) is 18.2 Å². The topological polar surface area (TPSA) is 43.4 Å². The lowest BCUT2D eigenvalue weighted by Crippen LogP contribution is -2.18. The maximum Gasteiger partial charge on any atom is 0.213 e. The predicted molar refractivity (Wildman–Crippen MR) is 126 cm³/mol. The average molecular weight is 413 g/mol. The van der Waals surface area contributed by atoms with Crippen LogP contribution in [0.1, 0.15) is 23.1 Å². The van der Waals surface area contributed by atoms with Crippen LogP contribution in [0.3, 0.4) is 0 Å². The molecule has 0 bridgehead atoms. The van der Waals surface area contributed by atoms with Gasteiger partial charge in [0, 0.05) is 24.4 Å². The molecule has 158 valence electrons. The van der Waals surface area contributed by atoms with Crippen LogP contribution in [0.2, 0.25) is 0 Å². The molecule has 0 fully saturated rings. The van der Waals surface area contributed by atoms with E-state index in [9.17, 15) is 0 Å². The number of benzene rings is 3. The number of pyridine rings is 1. The second-order valence-corrected chi connectivity index (χ2v) is 7.53. The van der Waals surface area contributed by atoms with Crippen LogP contribution < -0.4 is 14.8 Å². The van der Waals surface area contributed by atoms with Crippen molar-refractivity contribution in [3.63, 3.8) is 0 Å². The highest BCUT2D eigenvalue weighted by atomic mass is 16.5. The molecule has 31 heavy (non-hydrogen) atoms. The number of aromatic nitrogens is 1. The normalized spacial score (nSPS) is 10.9. The van der Waals surface area contributed by atoms with Crippen molar-refractivity contribution in [2.45, 2.75) is 26.5 Å². The Morgan fingerprint density at radius 2 is 1.68 bits per heavy atom. The molecule has 0 amide bonds. The predicted octanol–water partition coefficient (Wildman–Crippen LogP) is 5.68. The van der Waals surface area contributed by atoms with Crippen LogP contribution in [0.4, 0.5) is 0 Å². The minimum atomic E-state index is 0.565. The molecule has 4 aromatic rings. The molecule has 0 aliphatic heterocycles. The van der Waals surface area contributed by atoms with Crippen molar-refractivity contribution in [2.75, 3.05) is 13.2 Å². The summed E-state index contributed by atoms with van der Waals surface area (Å²) in [5, 5.41) is 6.00. The van der Waals surface area contributed by atoms with Crippen molar-refractivity contribution in [3.8, 4) is 11.6 Å². The molecule has 0 saturated heterocycles. The van der Waals surface area contributed by atoms with E-state index < -0.39 is 0 Å². The smallest absolute Gasteiger partial charge is 0.213 e. The summed E-state index contributed by atoms with van der Waals surface area (Å²) in [6, 6.07) is 26.7. The molecule has 0 atom stereocenters. The standard InChI is InChI=1S/C27H28N2O2/c1-21-9-2-3-11-23(21)20-31-26-15-14-22-10-4-5-12-24(22)25(26)19-28-16-8-18-30-27-13-6-7-17-29-27/h2-7,9-15,17,28H,8,16,18-20H2,1H3. The Hall–Kier alpha value is -3.37. The number of ether oxygens (including phenoxy) is 2. The molecule has 1 heterocycles. The van der Waals surface area contributed by atoms with Gasteiger partial charge in [-0.15, -0.1) is 0 Å². The van der Waals surface area contributed by atoms with E-state index in [-0.39, 0.29) is 0 Å². The minimum absolute atomic E-state index is 0.565. The van der Waals surface area contributed by atoms with Gasteiger partial charge in [-0.2, -0.15) is 0 Å². The van der Waals surface area contributed by atoms with E-state index in [2.05, 4.69) is 77.9 Å². The maximum absolute atomic E-state index is 6.28. The molecule has 0 aliphatic carbocycles. The van der Waals surface area contributed by atoms with Crippen LogP contribution >= 0.6 is 0 Å². The molecule has 0 saturated carbocycles. The van der Waals surface area contributed by atoms with Crippen molar-refractivity contribution in [1.29, 1.82) is 0 Å². The van der Waals surface area contributed by atoms with Crippen LogP contribution in [-0.2, 0) is 13.2 Å². The Labute approximate surface area is 183 Å². The zero-order valence-corrected chi connectivity index (χ0v) is 17.9. The first-order chi connectivity index (χ1) is 15.3. The van der Waals surface area contributed by atoms with Crippen molar-refractivity contribution in [1.82, 2.24) is 10.3 Å². The maximum atomic E-state index is 6.28. The number of hydrogen-bond acceptors (Lipinski definition) is 4. The quantitative estimate of drug-likeness (QED) is 0.340. The fourth-order valence-corrected chi connectivity index (χ4v) is 3.58. The Bertz CT molecular complexity index is 1110. The summed E-state index contributed by atoms with van der Waals surface area (Å²) < 4.78 is 12.0. The SMILES string of the molecule is Cc1ccccc1COc1ccc2ccccc2c1CNCCCOc1ccccn1. The van der Waals surface area contributed by atoms with Gasteiger partial charge in [0.15, 0.2) is 0 Å². The zero-order chi connectivity index (χ0) is 21.3. The highest BCUT2D eigenvalue weighted by molar-refractivity contribution is 5.87.